The lowest BCUT2D eigenvalue weighted by Gasteiger charge is -2.24. The molecule has 1 heterocycles. The molecule has 2 aromatic rings. The fraction of sp³-hybridized carbons (Fsp3) is 0.300. The molecule has 8 nitrogen and oxygen atoms in total. The molecular formula is C20H17BClF3N2O6. The van der Waals surface area contributed by atoms with Gasteiger partial charge in [0, 0.05) is 22.7 Å². The number of halogens is 4. The number of hydrogen-bond donors (Lipinski definition) is 2. The van der Waals surface area contributed by atoms with Crippen LogP contribution in [-0.4, -0.2) is 43.7 Å². The Labute approximate surface area is 191 Å². The third-order valence-corrected chi connectivity index (χ3v) is 5.08. The van der Waals surface area contributed by atoms with Crippen LogP contribution in [0, 0.1) is 11.3 Å². The number of carbonyl (C=O) groups excluding carboxylic acids is 1. The van der Waals surface area contributed by atoms with Crippen molar-refractivity contribution in [1.29, 1.82) is 5.26 Å². The zero-order chi connectivity index (χ0) is 24.4. The first kappa shape index (κ1) is 24.5. The van der Waals surface area contributed by atoms with E-state index in [0.29, 0.717) is 11.3 Å². The molecule has 1 aliphatic rings. The summed E-state index contributed by atoms with van der Waals surface area (Å²) >= 11 is 6.33. The second kappa shape index (κ2) is 9.39. The maximum absolute atomic E-state index is 12.5. The summed E-state index contributed by atoms with van der Waals surface area (Å²) in [5.74, 6) is -0.745. The van der Waals surface area contributed by atoms with E-state index in [1.54, 1.807) is 0 Å². The van der Waals surface area contributed by atoms with Crippen molar-refractivity contribution in [3.05, 3.63) is 46.5 Å². The van der Waals surface area contributed by atoms with E-state index in [2.05, 4.69) is 10.1 Å². The predicted molar refractivity (Wildman–Crippen MR) is 111 cm³/mol. The zero-order valence-electron chi connectivity index (χ0n) is 17.3. The van der Waals surface area contributed by atoms with E-state index in [0.717, 1.165) is 24.3 Å². The summed E-state index contributed by atoms with van der Waals surface area (Å²) in [6.07, 6.45) is -4.86. The van der Waals surface area contributed by atoms with Crippen molar-refractivity contribution in [2.45, 2.75) is 25.4 Å². The number of benzene rings is 2. The van der Waals surface area contributed by atoms with Gasteiger partial charge in [-0.05, 0) is 31.2 Å². The van der Waals surface area contributed by atoms with Crippen molar-refractivity contribution in [2.24, 2.45) is 0 Å². The van der Waals surface area contributed by atoms with Crippen LogP contribution in [0.15, 0.2) is 30.3 Å². The summed E-state index contributed by atoms with van der Waals surface area (Å²) in [6.45, 7) is 1.14. The number of methoxy groups -OCH3 is 1. The van der Waals surface area contributed by atoms with Gasteiger partial charge in [0.25, 0.3) is 5.91 Å². The quantitative estimate of drug-likeness (QED) is 0.581. The number of hydrogen-bond acceptors (Lipinski definition) is 7. The third-order valence-electron chi connectivity index (χ3n) is 4.69. The molecule has 2 N–H and O–H groups in total. The highest BCUT2D eigenvalue weighted by atomic mass is 35.5. The molecule has 0 radical (unpaired) electrons. The van der Waals surface area contributed by atoms with Crippen LogP contribution in [0.4, 0.5) is 13.2 Å². The number of nitrogens with zero attached hydrogens (tertiary/aromatic N) is 1. The van der Waals surface area contributed by atoms with Crippen molar-refractivity contribution in [3.63, 3.8) is 0 Å². The summed E-state index contributed by atoms with van der Waals surface area (Å²) in [5.41, 5.74) is -0.682. The minimum absolute atomic E-state index is 0.00324. The zero-order valence-corrected chi connectivity index (χ0v) is 18.1. The average Bonchev–Trinajstić information content (AvgIpc) is 3.15. The molecule has 33 heavy (non-hydrogen) atoms. The number of nitrogens with one attached hydrogen (secondary N) is 1. The van der Waals surface area contributed by atoms with Gasteiger partial charge in [0.2, 0.25) is 0 Å². The number of carbonyl (C=O) groups is 1. The monoisotopic (exact) mass is 484 g/mol. The van der Waals surface area contributed by atoms with Gasteiger partial charge in [0.15, 0.2) is 5.54 Å². The topological polar surface area (TPSA) is 110 Å². The van der Waals surface area contributed by atoms with Gasteiger partial charge in [-0.1, -0.05) is 11.6 Å². The van der Waals surface area contributed by atoms with Crippen LogP contribution in [0.25, 0.3) is 0 Å². The summed E-state index contributed by atoms with van der Waals surface area (Å²) in [6, 6.07) is 7.60. The maximum Gasteiger partial charge on any atom is 0.573 e. The first-order chi connectivity index (χ1) is 15.5. The molecule has 0 saturated heterocycles. The molecule has 1 aliphatic heterocycles. The summed E-state index contributed by atoms with van der Waals surface area (Å²) < 4.78 is 56.7. The van der Waals surface area contributed by atoms with Crippen LogP contribution in [-0.2, 0) is 11.3 Å². The Bertz CT molecular complexity index is 1090. The maximum atomic E-state index is 12.5. The van der Waals surface area contributed by atoms with Gasteiger partial charge in [-0.25, -0.2) is 0 Å². The first-order valence-corrected chi connectivity index (χ1v) is 9.75. The molecule has 0 aromatic heterocycles. The summed E-state index contributed by atoms with van der Waals surface area (Å²) in [4.78, 5) is 12.5. The minimum Gasteiger partial charge on any atom is -0.496 e. The molecule has 1 amide bonds. The molecule has 1 unspecified atom stereocenters. The van der Waals surface area contributed by atoms with Crippen LogP contribution in [0.3, 0.4) is 0 Å². The second-order valence-electron chi connectivity index (χ2n) is 7.21. The normalized spacial score (nSPS) is 14.7. The van der Waals surface area contributed by atoms with Crippen molar-refractivity contribution in [2.75, 3.05) is 13.7 Å². The Morgan fingerprint density at radius 2 is 2.00 bits per heavy atom. The Hall–Kier alpha value is -3.14. The van der Waals surface area contributed by atoms with Gasteiger partial charge < -0.3 is 29.2 Å². The average molecular weight is 485 g/mol. The van der Waals surface area contributed by atoms with Crippen LogP contribution < -0.4 is 25.0 Å². The standard InChI is InChI=1S/C20H17BClF3N2O6/c1-19(9-26,27-18(28)11-3-5-12(6-4-11)33-20(23,24)25)10-31-15-7-14(30-2)13-8-32-21(29)16(13)17(15)22/h3-7,29H,8,10H2,1-2H3,(H,27,28). The van der Waals surface area contributed by atoms with E-state index >= 15 is 0 Å². The third kappa shape index (κ3) is 5.62. The van der Waals surface area contributed by atoms with E-state index in [-0.39, 0.29) is 35.0 Å². The van der Waals surface area contributed by atoms with Gasteiger partial charge in [0.1, 0.15) is 23.9 Å². The number of amides is 1. The Kier molecular flexibility index (Phi) is 6.97. The summed E-state index contributed by atoms with van der Waals surface area (Å²) in [5, 5.41) is 22.1. The van der Waals surface area contributed by atoms with Gasteiger partial charge in [-0.2, -0.15) is 5.26 Å². The first-order valence-electron chi connectivity index (χ1n) is 9.37. The van der Waals surface area contributed by atoms with Crippen molar-refractivity contribution in [1.82, 2.24) is 5.32 Å². The van der Waals surface area contributed by atoms with Crippen LogP contribution in [0.1, 0.15) is 22.8 Å². The molecule has 0 saturated carbocycles. The fourth-order valence-corrected chi connectivity index (χ4v) is 3.37. The lowest BCUT2D eigenvalue weighted by Crippen LogP contribution is -2.49. The van der Waals surface area contributed by atoms with Gasteiger partial charge in [-0.15, -0.1) is 13.2 Å². The van der Waals surface area contributed by atoms with Crippen LogP contribution in [0.5, 0.6) is 17.2 Å². The van der Waals surface area contributed by atoms with E-state index in [1.165, 1.54) is 20.1 Å². The number of alkyl halides is 3. The van der Waals surface area contributed by atoms with Crippen LogP contribution >= 0.6 is 11.6 Å². The van der Waals surface area contributed by atoms with E-state index in [4.69, 9.17) is 25.7 Å². The predicted octanol–water partition coefficient (Wildman–Crippen LogP) is 2.56. The highest BCUT2D eigenvalue weighted by Crippen LogP contribution is 2.34. The molecule has 0 fully saturated rings. The Morgan fingerprint density at radius 3 is 2.58 bits per heavy atom. The van der Waals surface area contributed by atoms with Crippen molar-refractivity contribution in [3.8, 4) is 23.3 Å². The highest BCUT2D eigenvalue weighted by molar-refractivity contribution is 6.65. The molecule has 0 bridgehead atoms. The van der Waals surface area contributed by atoms with E-state index < -0.39 is 30.7 Å². The van der Waals surface area contributed by atoms with Gasteiger partial charge in [0.05, 0.1) is 24.8 Å². The number of ether oxygens (including phenoxy) is 3. The number of fused-ring (bicyclic) bond motifs is 1. The second-order valence-corrected chi connectivity index (χ2v) is 7.58. The lowest BCUT2D eigenvalue weighted by molar-refractivity contribution is -0.274. The highest BCUT2D eigenvalue weighted by Gasteiger charge is 2.36. The summed E-state index contributed by atoms with van der Waals surface area (Å²) in [7, 11) is 0.152. The SMILES string of the molecule is COc1cc(OCC(C)(C#N)NC(=O)c2ccc(OC(F)(F)F)cc2)c(Cl)c2c1COB2O. The molecule has 174 valence electrons. The van der Waals surface area contributed by atoms with Crippen molar-refractivity contribution < 1.29 is 41.9 Å². The largest absolute Gasteiger partial charge is 0.573 e. The number of rotatable bonds is 7. The van der Waals surface area contributed by atoms with E-state index in [1.807, 2.05) is 6.07 Å². The molecule has 0 aliphatic carbocycles. The van der Waals surface area contributed by atoms with Crippen molar-refractivity contribution >= 4 is 30.1 Å². The minimum atomic E-state index is -4.86. The molecular weight excluding hydrogens is 467 g/mol. The molecule has 13 heteroatoms. The Balaban J connectivity index is 1.72. The molecule has 0 spiro atoms. The molecule has 2 aromatic carbocycles. The Morgan fingerprint density at radius 1 is 1.33 bits per heavy atom. The number of nitriles is 1. The fourth-order valence-electron chi connectivity index (χ4n) is 3.06. The molecule has 3 rings (SSSR count). The smallest absolute Gasteiger partial charge is 0.496 e. The van der Waals surface area contributed by atoms with Crippen LogP contribution in [0.2, 0.25) is 5.02 Å². The lowest BCUT2D eigenvalue weighted by atomic mass is 9.79. The van der Waals surface area contributed by atoms with Gasteiger partial charge >= 0.3 is 13.5 Å². The molecule has 1 atom stereocenters. The van der Waals surface area contributed by atoms with Gasteiger partial charge in [-0.3, -0.25) is 4.79 Å². The van der Waals surface area contributed by atoms with E-state index in [9.17, 15) is 28.3 Å².